The van der Waals surface area contributed by atoms with Crippen LogP contribution < -0.4 is 5.32 Å². The zero-order valence-corrected chi connectivity index (χ0v) is 11.8. The molecule has 2 rings (SSSR count). The lowest BCUT2D eigenvalue weighted by molar-refractivity contribution is -0.135. The summed E-state index contributed by atoms with van der Waals surface area (Å²) in [5, 5.41) is 3.27. The highest BCUT2D eigenvalue weighted by molar-refractivity contribution is 5.82. The second kappa shape index (κ2) is 7.29. The lowest BCUT2D eigenvalue weighted by atomic mass is 10.1. The Morgan fingerprint density at radius 3 is 2.79 bits per heavy atom. The Bertz CT molecular complexity index is 391. The topological polar surface area (TPSA) is 32.3 Å². The molecule has 1 unspecified atom stereocenters. The third kappa shape index (κ3) is 4.06. The number of unbranched alkanes of at least 4 members (excludes halogenated alkanes) is 1. The van der Waals surface area contributed by atoms with Gasteiger partial charge in [-0.25, -0.2) is 0 Å². The quantitative estimate of drug-likeness (QED) is 0.795. The van der Waals surface area contributed by atoms with Gasteiger partial charge in [0.05, 0.1) is 6.04 Å². The zero-order chi connectivity index (χ0) is 13.5. The summed E-state index contributed by atoms with van der Waals surface area (Å²) < 4.78 is 0. The van der Waals surface area contributed by atoms with Crippen LogP contribution in [0.5, 0.6) is 0 Å². The van der Waals surface area contributed by atoms with Crippen molar-refractivity contribution in [2.45, 2.75) is 38.6 Å². The van der Waals surface area contributed by atoms with Gasteiger partial charge in [0, 0.05) is 19.6 Å². The van der Waals surface area contributed by atoms with E-state index in [9.17, 15) is 4.79 Å². The number of nitrogens with zero attached hydrogens (tertiary/aromatic N) is 1. The molecule has 0 aromatic heterocycles. The summed E-state index contributed by atoms with van der Waals surface area (Å²) in [6.45, 7) is 4.77. The fraction of sp³-hybridized carbons (Fsp3) is 0.562. The zero-order valence-electron chi connectivity index (χ0n) is 11.8. The highest BCUT2D eigenvalue weighted by Gasteiger charge is 2.25. The van der Waals surface area contributed by atoms with Crippen molar-refractivity contribution in [2.75, 3.05) is 19.6 Å². The Hall–Kier alpha value is -1.35. The smallest absolute Gasteiger partial charge is 0.239 e. The third-order valence-corrected chi connectivity index (χ3v) is 3.78. The molecule has 1 heterocycles. The molecule has 1 aliphatic heterocycles. The lowest BCUT2D eigenvalue weighted by Crippen LogP contribution is -2.54. The summed E-state index contributed by atoms with van der Waals surface area (Å²) in [5.41, 5.74) is 1.39. The van der Waals surface area contributed by atoms with E-state index in [4.69, 9.17) is 0 Å². The van der Waals surface area contributed by atoms with Crippen LogP contribution in [0.2, 0.25) is 0 Å². The van der Waals surface area contributed by atoms with Crippen LogP contribution in [0.25, 0.3) is 0 Å². The van der Waals surface area contributed by atoms with Crippen molar-refractivity contribution in [1.82, 2.24) is 10.2 Å². The van der Waals surface area contributed by atoms with Crippen molar-refractivity contribution in [3.05, 3.63) is 35.9 Å². The summed E-state index contributed by atoms with van der Waals surface area (Å²) >= 11 is 0. The molecule has 0 spiro atoms. The molecule has 3 nitrogen and oxygen atoms in total. The van der Waals surface area contributed by atoms with Gasteiger partial charge < -0.3 is 10.2 Å². The third-order valence-electron chi connectivity index (χ3n) is 3.78. The molecule has 104 valence electrons. The number of nitrogens with one attached hydrogen (secondary N) is 1. The second-order valence-corrected chi connectivity index (χ2v) is 5.18. The summed E-state index contributed by atoms with van der Waals surface area (Å²) in [7, 11) is 0. The molecule has 1 fully saturated rings. The van der Waals surface area contributed by atoms with Crippen molar-refractivity contribution in [3.8, 4) is 0 Å². The highest BCUT2D eigenvalue weighted by Crippen LogP contribution is 2.08. The maximum Gasteiger partial charge on any atom is 0.239 e. The van der Waals surface area contributed by atoms with Gasteiger partial charge in [-0.3, -0.25) is 4.79 Å². The van der Waals surface area contributed by atoms with Gasteiger partial charge in [-0.05, 0) is 31.2 Å². The van der Waals surface area contributed by atoms with Crippen molar-refractivity contribution in [2.24, 2.45) is 0 Å². The maximum absolute atomic E-state index is 12.1. The number of amides is 1. The molecule has 1 aromatic rings. The van der Waals surface area contributed by atoms with Crippen molar-refractivity contribution in [3.63, 3.8) is 0 Å². The fourth-order valence-corrected chi connectivity index (χ4v) is 2.61. The minimum atomic E-state index is 0.0443. The first kappa shape index (κ1) is 14.1. The van der Waals surface area contributed by atoms with E-state index in [-0.39, 0.29) is 11.9 Å². The summed E-state index contributed by atoms with van der Waals surface area (Å²) in [5.74, 6) is 0.286. The normalized spacial score (nSPS) is 19.7. The average Bonchev–Trinajstić information content (AvgIpc) is 2.46. The van der Waals surface area contributed by atoms with E-state index in [1.807, 2.05) is 11.0 Å². The Kier molecular flexibility index (Phi) is 5.40. The number of carbonyl (C=O) groups excluding carboxylic acids is 1. The predicted octanol–water partition coefficient (Wildman–Crippen LogP) is 2.22. The van der Waals surface area contributed by atoms with E-state index < -0.39 is 0 Å². The van der Waals surface area contributed by atoms with Crippen LogP contribution in [-0.2, 0) is 11.2 Å². The molecule has 1 N–H and O–H groups in total. The van der Waals surface area contributed by atoms with Crippen molar-refractivity contribution in [1.29, 1.82) is 0 Å². The first-order chi connectivity index (χ1) is 9.31. The standard InChI is InChI=1S/C16H24N2O/c1-2-15-16(19)18(13-11-17-15)12-7-6-10-14-8-4-3-5-9-14/h3-5,8-9,15,17H,2,6-7,10-13H2,1H3. The largest absolute Gasteiger partial charge is 0.340 e. The highest BCUT2D eigenvalue weighted by atomic mass is 16.2. The summed E-state index contributed by atoms with van der Waals surface area (Å²) in [6, 6.07) is 10.6. The number of piperazine rings is 1. The summed E-state index contributed by atoms with van der Waals surface area (Å²) in [6.07, 6.45) is 4.24. The van der Waals surface area contributed by atoms with Crippen LogP contribution in [-0.4, -0.2) is 36.5 Å². The van der Waals surface area contributed by atoms with E-state index in [1.54, 1.807) is 0 Å². The van der Waals surface area contributed by atoms with Crippen LogP contribution in [0.15, 0.2) is 30.3 Å². The molecule has 1 saturated heterocycles. The van der Waals surface area contributed by atoms with Crippen LogP contribution in [0.3, 0.4) is 0 Å². The molecular weight excluding hydrogens is 236 g/mol. The van der Waals surface area contributed by atoms with Crippen molar-refractivity contribution < 1.29 is 4.79 Å². The molecule has 19 heavy (non-hydrogen) atoms. The number of carbonyl (C=O) groups is 1. The summed E-state index contributed by atoms with van der Waals surface area (Å²) in [4.78, 5) is 14.1. The number of rotatable bonds is 6. The maximum atomic E-state index is 12.1. The van der Waals surface area contributed by atoms with E-state index >= 15 is 0 Å². The molecule has 3 heteroatoms. The fourth-order valence-electron chi connectivity index (χ4n) is 2.61. The number of hydrogen-bond donors (Lipinski definition) is 1. The Balaban J connectivity index is 1.69. The Labute approximate surface area is 116 Å². The molecule has 0 radical (unpaired) electrons. The monoisotopic (exact) mass is 260 g/mol. The van der Waals surface area contributed by atoms with Gasteiger partial charge in [-0.15, -0.1) is 0 Å². The van der Waals surface area contributed by atoms with Crippen LogP contribution in [0.4, 0.5) is 0 Å². The second-order valence-electron chi connectivity index (χ2n) is 5.18. The van der Waals surface area contributed by atoms with Gasteiger partial charge in [-0.2, -0.15) is 0 Å². The Morgan fingerprint density at radius 2 is 2.05 bits per heavy atom. The van der Waals surface area contributed by atoms with Gasteiger partial charge in [-0.1, -0.05) is 37.3 Å². The number of benzene rings is 1. The molecule has 0 aliphatic carbocycles. The molecular formula is C16H24N2O. The molecule has 1 atom stereocenters. The molecule has 1 aliphatic rings. The Morgan fingerprint density at radius 1 is 1.26 bits per heavy atom. The van der Waals surface area contributed by atoms with E-state index in [0.29, 0.717) is 0 Å². The van der Waals surface area contributed by atoms with E-state index in [0.717, 1.165) is 45.3 Å². The molecule has 0 bridgehead atoms. The van der Waals surface area contributed by atoms with Crippen LogP contribution in [0.1, 0.15) is 31.7 Å². The average molecular weight is 260 g/mol. The predicted molar refractivity (Wildman–Crippen MR) is 78.0 cm³/mol. The van der Waals surface area contributed by atoms with E-state index in [1.165, 1.54) is 5.56 Å². The first-order valence-corrected chi connectivity index (χ1v) is 7.37. The molecule has 1 aromatic carbocycles. The van der Waals surface area contributed by atoms with Gasteiger partial charge in [0.1, 0.15) is 0 Å². The minimum absolute atomic E-state index is 0.0443. The van der Waals surface area contributed by atoms with Gasteiger partial charge in [0.2, 0.25) is 5.91 Å². The SMILES string of the molecule is CCC1NCCN(CCCCc2ccccc2)C1=O. The van der Waals surface area contributed by atoms with Crippen LogP contribution in [0, 0.1) is 0 Å². The van der Waals surface area contributed by atoms with Crippen molar-refractivity contribution >= 4 is 5.91 Å². The minimum Gasteiger partial charge on any atom is -0.340 e. The number of hydrogen-bond acceptors (Lipinski definition) is 2. The first-order valence-electron chi connectivity index (χ1n) is 7.37. The number of aryl methyl sites for hydroxylation is 1. The molecule has 1 amide bonds. The van der Waals surface area contributed by atoms with E-state index in [2.05, 4.69) is 36.5 Å². The van der Waals surface area contributed by atoms with Gasteiger partial charge >= 0.3 is 0 Å². The lowest BCUT2D eigenvalue weighted by Gasteiger charge is -2.32. The molecule has 0 saturated carbocycles. The van der Waals surface area contributed by atoms with Gasteiger partial charge in [0.15, 0.2) is 0 Å². The van der Waals surface area contributed by atoms with Crippen LogP contribution >= 0.6 is 0 Å². The van der Waals surface area contributed by atoms with Gasteiger partial charge in [0.25, 0.3) is 0 Å².